The Bertz CT molecular complexity index is 3700. The van der Waals surface area contributed by atoms with Crippen LogP contribution in [0.25, 0.3) is 98.8 Å². The van der Waals surface area contributed by atoms with Crippen LogP contribution in [0.3, 0.4) is 0 Å². The molecule has 0 N–H and O–H groups in total. The third kappa shape index (κ3) is 5.30. The van der Waals surface area contributed by atoms with Crippen LogP contribution in [0.2, 0.25) is 0 Å². The summed E-state index contributed by atoms with van der Waals surface area (Å²) in [6.07, 6.45) is 0. The van der Waals surface area contributed by atoms with Gasteiger partial charge in [0.15, 0.2) is 17.5 Å². The van der Waals surface area contributed by atoms with Crippen LogP contribution in [0.1, 0.15) is 27.8 Å². The molecule has 0 saturated heterocycles. The molecule has 4 nitrogen and oxygen atoms in total. The highest BCUT2D eigenvalue weighted by atomic mass is 32.1. The second-order valence-corrected chi connectivity index (χ2v) is 17.6. The van der Waals surface area contributed by atoms with E-state index in [2.05, 4.69) is 164 Å². The van der Waals surface area contributed by atoms with Gasteiger partial charge in [-0.1, -0.05) is 176 Å². The Kier molecular flexibility index (Phi) is 8.02. The second kappa shape index (κ2) is 14.1. The Morgan fingerprint density at radius 2 is 0.922 bits per heavy atom. The molecule has 2 aliphatic carbocycles. The molecule has 0 fully saturated rings. The Hall–Kier alpha value is -8.30. The zero-order chi connectivity index (χ0) is 42.4. The lowest BCUT2D eigenvalue weighted by molar-refractivity contribution is 0.794. The fourth-order valence-corrected chi connectivity index (χ4v) is 11.6. The number of fused-ring (bicyclic) bond motifs is 13. The summed E-state index contributed by atoms with van der Waals surface area (Å²) >= 11 is 1.71. The predicted octanol–water partition coefficient (Wildman–Crippen LogP) is 14.8. The number of nitriles is 1. The molecule has 0 amide bonds. The van der Waals surface area contributed by atoms with Gasteiger partial charge in [-0.25, -0.2) is 15.0 Å². The van der Waals surface area contributed by atoms with Gasteiger partial charge in [0.05, 0.1) is 17.0 Å². The molecule has 9 aromatic carbocycles. The molecule has 0 saturated carbocycles. The lowest BCUT2D eigenvalue weighted by atomic mass is 9.70. The molecule has 0 atom stereocenters. The second-order valence-electron chi connectivity index (χ2n) is 16.5. The van der Waals surface area contributed by atoms with Gasteiger partial charge in [-0.15, -0.1) is 11.3 Å². The van der Waals surface area contributed by atoms with Crippen molar-refractivity contribution in [2.45, 2.75) is 5.41 Å². The molecule has 0 aliphatic heterocycles. The van der Waals surface area contributed by atoms with Crippen LogP contribution < -0.4 is 0 Å². The summed E-state index contributed by atoms with van der Waals surface area (Å²) in [5.41, 5.74) is 18.1. The van der Waals surface area contributed by atoms with Gasteiger partial charge in [-0.05, 0) is 97.1 Å². The van der Waals surface area contributed by atoms with Crippen LogP contribution in [0.15, 0.2) is 206 Å². The highest BCUT2D eigenvalue weighted by molar-refractivity contribution is 7.25. The van der Waals surface area contributed by atoms with E-state index in [0.29, 0.717) is 23.0 Å². The first-order valence-electron chi connectivity index (χ1n) is 21.5. The fraction of sp³-hybridized carbons (Fsp3) is 0.0169. The minimum absolute atomic E-state index is 0.379. The maximum absolute atomic E-state index is 9.77. The standard InChI is InChI=1S/C59H34N4S/c60-35-36-27-32-52-47(33-36)55-46(21-12-26-53(55)64-52)58-62-56(39-13-2-1-3-14-39)61-57(63-58)41-16-10-15-40(34-41)37-28-30-38(31-29-37)42-20-11-25-51-54(42)45-19-6-9-24-50(45)59(51)48-22-7-4-17-43(48)44-18-5-8-23-49(44)59/h1-34H. The maximum atomic E-state index is 9.77. The Balaban J connectivity index is 0.915. The molecule has 0 unspecified atom stereocenters. The average Bonchev–Trinajstić information content (AvgIpc) is 4.00. The molecule has 2 aromatic heterocycles. The SMILES string of the molecule is N#Cc1ccc2sc3cccc(-c4nc(-c5ccccc5)nc(-c5cccc(-c6ccc(-c7cccc8c7-c7ccccc7C87c8ccccc8-c8ccccc87)cc6)c5)n4)c3c2c1. The summed E-state index contributed by atoms with van der Waals surface area (Å²) in [6, 6.07) is 75.8. The van der Waals surface area contributed by atoms with Crippen LogP contribution in [-0.2, 0) is 5.41 Å². The lowest BCUT2D eigenvalue weighted by Gasteiger charge is -2.30. The smallest absolute Gasteiger partial charge is 0.164 e. The summed E-state index contributed by atoms with van der Waals surface area (Å²) in [6.45, 7) is 0. The molecule has 296 valence electrons. The van der Waals surface area contributed by atoms with Gasteiger partial charge in [-0.3, -0.25) is 0 Å². The number of hydrogen-bond donors (Lipinski definition) is 0. The Morgan fingerprint density at radius 3 is 1.67 bits per heavy atom. The fourth-order valence-electron chi connectivity index (χ4n) is 10.5. The van der Waals surface area contributed by atoms with E-state index >= 15 is 0 Å². The first-order chi connectivity index (χ1) is 31.7. The third-order valence-electron chi connectivity index (χ3n) is 13.2. The van der Waals surface area contributed by atoms with Gasteiger partial charge in [0.25, 0.3) is 0 Å². The van der Waals surface area contributed by atoms with Gasteiger partial charge in [0.1, 0.15) is 0 Å². The van der Waals surface area contributed by atoms with E-state index in [4.69, 9.17) is 15.0 Å². The van der Waals surface area contributed by atoms with Crippen LogP contribution in [0.4, 0.5) is 0 Å². The number of rotatable bonds is 5. The summed E-state index contributed by atoms with van der Waals surface area (Å²) in [5, 5.41) is 11.8. The van der Waals surface area contributed by atoms with Crippen LogP contribution >= 0.6 is 11.3 Å². The number of thiophene rings is 1. The minimum atomic E-state index is -0.379. The largest absolute Gasteiger partial charge is 0.208 e. The van der Waals surface area contributed by atoms with Crippen molar-refractivity contribution in [2.24, 2.45) is 0 Å². The van der Waals surface area contributed by atoms with E-state index in [1.54, 1.807) is 11.3 Å². The van der Waals surface area contributed by atoms with E-state index in [0.717, 1.165) is 48.0 Å². The molecular formula is C59H34N4S. The van der Waals surface area contributed by atoms with Crippen LogP contribution in [0.5, 0.6) is 0 Å². The predicted molar refractivity (Wildman–Crippen MR) is 261 cm³/mol. The molecule has 13 rings (SSSR count). The lowest BCUT2D eigenvalue weighted by Crippen LogP contribution is -2.25. The van der Waals surface area contributed by atoms with E-state index in [-0.39, 0.29) is 5.41 Å². The number of benzene rings is 9. The molecule has 5 heteroatoms. The van der Waals surface area contributed by atoms with Crippen molar-refractivity contribution >= 4 is 31.5 Å². The molecule has 2 heterocycles. The average molecular weight is 831 g/mol. The topological polar surface area (TPSA) is 62.5 Å². The highest BCUT2D eigenvalue weighted by Gasteiger charge is 2.51. The van der Waals surface area contributed by atoms with Gasteiger partial charge in [0, 0.05) is 36.9 Å². The maximum Gasteiger partial charge on any atom is 0.164 e. The van der Waals surface area contributed by atoms with Crippen molar-refractivity contribution in [1.82, 2.24) is 15.0 Å². The third-order valence-corrected chi connectivity index (χ3v) is 14.3. The van der Waals surface area contributed by atoms with Gasteiger partial charge in [-0.2, -0.15) is 5.26 Å². The number of hydrogen-bond acceptors (Lipinski definition) is 5. The first-order valence-corrected chi connectivity index (χ1v) is 22.3. The molecule has 2 aliphatic rings. The molecule has 0 bridgehead atoms. The molecule has 11 aromatic rings. The van der Waals surface area contributed by atoms with Crippen LogP contribution in [0, 0.1) is 11.3 Å². The van der Waals surface area contributed by atoms with Crippen molar-refractivity contribution in [2.75, 3.05) is 0 Å². The van der Waals surface area contributed by atoms with Crippen molar-refractivity contribution in [3.8, 4) is 84.7 Å². The van der Waals surface area contributed by atoms with Crippen LogP contribution in [-0.4, -0.2) is 15.0 Å². The zero-order valence-corrected chi connectivity index (χ0v) is 35.1. The summed E-state index contributed by atoms with van der Waals surface area (Å²) in [4.78, 5) is 15.4. The quantitative estimate of drug-likeness (QED) is 0.173. The van der Waals surface area contributed by atoms with Crippen molar-refractivity contribution in [3.05, 3.63) is 234 Å². The zero-order valence-electron chi connectivity index (χ0n) is 34.3. The van der Waals surface area contributed by atoms with Gasteiger partial charge < -0.3 is 0 Å². The van der Waals surface area contributed by atoms with Crippen molar-refractivity contribution in [3.63, 3.8) is 0 Å². The normalized spacial score (nSPS) is 12.8. The monoisotopic (exact) mass is 830 g/mol. The summed E-state index contributed by atoms with van der Waals surface area (Å²) in [5.74, 6) is 1.79. The van der Waals surface area contributed by atoms with Crippen molar-refractivity contribution in [1.29, 1.82) is 5.26 Å². The van der Waals surface area contributed by atoms with E-state index in [1.807, 2.05) is 48.5 Å². The molecule has 64 heavy (non-hydrogen) atoms. The van der Waals surface area contributed by atoms with Crippen molar-refractivity contribution < 1.29 is 0 Å². The molecule has 0 radical (unpaired) electrons. The first kappa shape index (κ1) is 36.4. The number of aromatic nitrogens is 3. The van der Waals surface area contributed by atoms with Gasteiger partial charge >= 0.3 is 0 Å². The minimum Gasteiger partial charge on any atom is -0.208 e. The number of nitrogens with zero attached hydrogens (tertiary/aromatic N) is 4. The summed E-state index contributed by atoms with van der Waals surface area (Å²) in [7, 11) is 0. The molecular weight excluding hydrogens is 797 g/mol. The Labute approximate surface area is 374 Å². The van der Waals surface area contributed by atoms with E-state index in [9.17, 15) is 5.26 Å². The van der Waals surface area contributed by atoms with E-state index < -0.39 is 0 Å². The summed E-state index contributed by atoms with van der Waals surface area (Å²) < 4.78 is 2.24. The van der Waals surface area contributed by atoms with Gasteiger partial charge in [0.2, 0.25) is 0 Å². The Morgan fingerprint density at radius 1 is 0.375 bits per heavy atom. The highest BCUT2D eigenvalue weighted by Crippen LogP contribution is 2.64. The molecule has 1 spiro atoms. The van der Waals surface area contributed by atoms with E-state index in [1.165, 1.54) is 55.6 Å².